The van der Waals surface area contributed by atoms with Gasteiger partial charge >= 0.3 is 5.97 Å². The predicted molar refractivity (Wildman–Crippen MR) is 73.1 cm³/mol. The van der Waals surface area contributed by atoms with Crippen molar-refractivity contribution in [2.75, 3.05) is 7.11 Å². The minimum atomic E-state index is -0.246. The molecular weight excluding hydrogens is 224 g/mol. The fourth-order valence-electron chi connectivity index (χ4n) is 3.63. The molecule has 2 rings (SSSR count). The highest BCUT2D eigenvalue weighted by molar-refractivity contribution is 5.88. The quantitative estimate of drug-likeness (QED) is 0.421. The highest BCUT2D eigenvalue weighted by atomic mass is 16.5. The maximum atomic E-state index is 11.6. The number of fused-ring (bicyclic) bond motifs is 1. The van der Waals surface area contributed by atoms with Crippen LogP contribution >= 0.6 is 0 Å². The third-order valence-electron chi connectivity index (χ3n) is 5.16. The largest absolute Gasteiger partial charge is 0.466 e. The first-order chi connectivity index (χ1) is 8.49. The van der Waals surface area contributed by atoms with E-state index in [0.29, 0.717) is 11.5 Å². The number of rotatable bonds is 2. The van der Waals surface area contributed by atoms with Crippen LogP contribution in [0.15, 0.2) is 23.8 Å². The van der Waals surface area contributed by atoms with Gasteiger partial charge in [-0.3, -0.25) is 0 Å². The Bertz CT molecular complexity index is 394. The zero-order valence-corrected chi connectivity index (χ0v) is 11.8. The number of ether oxygens (including phenoxy) is 1. The van der Waals surface area contributed by atoms with Gasteiger partial charge in [0.1, 0.15) is 0 Å². The van der Waals surface area contributed by atoms with Gasteiger partial charge in [-0.25, -0.2) is 4.79 Å². The molecular formula is C16H24O2. The molecule has 0 aromatic carbocycles. The number of methoxy groups -OCH3 is 1. The minimum absolute atomic E-state index is 0.246. The second-order valence-corrected chi connectivity index (χ2v) is 6.09. The number of hydrogen-bond donors (Lipinski definition) is 0. The lowest BCUT2D eigenvalue weighted by Gasteiger charge is -2.47. The number of hydrogen-bond acceptors (Lipinski definition) is 2. The van der Waals surface area contributed by atoms with E-state index in [1.165, 1.54) is 26.4 Å². The Kier molecular flexibility index (Phi) is 3.65. The van der Waals surface area contributed by atoms with Crippen LogP contribution in [0.4, 0.5) is 0 Å². The molecule has 1 fully saturated rings. The summed E-state index contributed by atoms with van der Waals surface area (Å²) in [5.74, 6) is 0.710. The summed E-state index contributed by atoms with van der Waals surface area (Å²) in [6.45, 7) is 8.64. The summed E-state index contributed by atoms with van der Waals surface area (Å²) >= 11 is 0. The van der Waals surface area contributed by atoms with Gasteiger partial charge in [0.25, 0.3) is 0 Å². The summed E-state index contributed by atoms with van der Waals surface area (Å²) in [4.78, 5) is 11.6. The summed E-state index contributed by atoms with van der Waals surface area (Å²) in [5, 5.41) is 0. The van der Waals surface area contributed by atoms with E-state index in [9.17, 15) is 4.79 Å². The van der Waals surface area contributed by atoms with Gasteiger partial charge in [0.05, 0.1) is 7.11 Å². The highest BCUT2D eigenvalue weighted by Crippen LogP contribution is 2.52. The molecule has 0 aromatic heterocycles. The van der Waals surface area contributed by atoms with Crippen molar-refractivity contribution in [1.82, 2.24) is 0 Å². The first kappa shape index (κ1) is 13.4. The van der Waals surface area contributed by atoms with E-state index in [4.69, 9.17) is 4.74 Å². The molecule has 0 spiro atoms. The molecule has 0 unspecified atom stereocenters. The van der Waals surface area contributed by atoms with E-state index in [-0.39, 0.29) is 17.3 Å². The molecule has 0 saturated heterocycles. The van der Waals surface area contributed by atoms with Crippen LogP contribution in [0.25, 0.3) is 0 Å². The van der Waals surface area contributed by atoms with E-state index in [0.717, 1.165) is 12.8 Å². The Labute approximate surface area is 110 Å². The van der Waals surface area contributed by atoms with Crippen molar-refractivity contribution >= 4 is 5.97 Å². The van der Waals surface area contributed by atoms with Gasteiger partial charge < -0.3 is 4.74 Å². The fraction of sp³-hybridized carbons (Fsp3) is 0.688. The molecule has 0 aromatic rings. The van der Waals surface area contributed by atoms with Gasteiger partial charge in [-0.05, 0) is 49.4 Å². The molecule has 0 amide bonds. The molecule has 3 atom stereocenters. The molecule has 0 aliphatic heterocycles. The van der Waals surface area contributed by atoms with Crippen LogP contribution in [0, 0.1) is 17.3 Å². The molecule has 18 heavy (non-hydrogen) atoms. The van der Waals surface area contributed by atoms with Crippen LogP contribution in [0.5, 0.6) is 0 Å². The molecule has 2 heteroatoms. The van der Waals surface area contributed by atoms with Crippen molar-refractivity contribution in [2.24, 2.45) is 17.3 Å². The topological polar surface area (TPSA) is 26.3 Å². The third-order valence-corrected chi connectivity index (χ3v) is 5.16. The van der Waals surface area contributed by atoms with Crippen molar-refractivity contribution in [2.45, 2.75) is 46.0 Å². The van der Waals surface area contributed by atoms with Crippen LogP contribution in [0.3, 0.4) is 0 Å². The van der Waals surface area contributed by atoms with Crippen molar-refractivity contribution in [1.29, 1.82) is 0 Å². The van der Waals surface area contributed by atoms with Crippen LogP contribution in [-0.2, 0) is 9.53 Å². The first-order valence-corrected chi connectivity index (χ1v) is 6.95. The second-order valence-electron chi connectivity index (χ2n) is 6.09. The zero-order valence-electron chi connectivity index (χ0n) is 11.8. The van der Waals surface area contributed by atoms with Gasteiger partial charge in [-0.2, -0.15) is 0 Å². The first-order valence-electron chi connectivity index (χ1n) is 6.95. The lowest BCUT2D eigenvalue weighted by Crippen LogP contribution is -2.37. The van der Waals surface area contributed by atoms with Crippen LogP contribution in [0.1, 0.15) is 46.0 Å². The molecule has 0 N–H and O–H groups in total. The van der Waals surface area contributed by atoms with Crippen LogP contribution < -0.4 is 0 Å². The van der Waals surface area contributed by atoms with E-state index in [2.05, 4.69) is 26.5 Å². The molecule has 2 nitrogen and oxygen atoms in total. The molecule has 0 radical (unpaired) electrons. The van der Waals surface area contributed by atoms with Crippen molar-refractivity contribution in [3.05, 3.63) is 23.8 Å². The van der Waals surface area contributed by atoms with Crippen molar-refractivity contribution in [3.63, 3.8) is 0 Å². The monoisotopic (exact) mass is 248 g/mol. The van der Waals surface area contributed by atoms with E-state index < -0.39 is 0 Å². The SMILES string of the molecule is C=C(C(=O)OC)[C@H]1CC=C2CCC[C@H](C)[C@@]2(C)C1. The molecule has 0 bridgehead atoms. The van der Waals surface area contributed by atoms with Gasteiger partial charge in [-0.15, -0.1) is 0 Å². The third kappa shape index (κ3) is 2.13. The van der Waals surface area contributed by atoms with E-state index >= 15 is 0 Å². The average Bonchev–Trinajstić information content (AvgIpc) is 2.37. The summed E-state index contributed by atoms with van der Waals surface area (Å²) in [5.41, 5.74) is 2.51. The Hall–Kier alpha value is -1.05. The standard InChI is InChI=1S/C16H24O2/c1-11-6-5-7-14-9-8-13(10-16(11,14)3)12(2)15(17)18-4/h9,11,13H,2,5-8,10H2,1,3-4H3/t11-,13-,16+/m0/s1. The van der Waals surface area contributed by atoms with Gasteiger partial charge in [-0.1, -0.05) is 32.1 Å². The minimum Gasteiger partial charge on any atom is -0.466 e. The molecule has 0 heterocycles. The van der Waals surface area contributed by atoms with Gasteiger partial charge in [0, 0.05) is 5.57 Å². The van der Waals surface area contributed by atoms with Gasteiger partial charge in [0.2, 0.25) is 0 Å². The maximum Gasteiger partial charge on any atom is 0.333 e. The number of carbonyl (C=O) groups is 1. The Balaban J connectivity index is 2.19. The average molecular weight is 248 g/mol. The molecule has 1 saturated carbocycles. The molecule has 2 aliphatic carbocycles. The lowest BCUT2D eigenvalue weighted by molar-refractivity contribution is -0.136. The maximum absolute atomic E-state index is 11.6. The number of allylic oxidation sites excluding steroid dienone is 2. The normalized spacial score (nSPS) is 35.4. The fourth-order valence-corrected chi connectivity index (χ4v) is 3.63. The number of esters is 1. The summed E-state index contributed by atoms with van der Waals surface area (Å²) in [6, 6.07) is 0. The summed E-state index contributed by atoms with van der Waals surface area (Å²) in [6.07, 6.45) is 8.20. The van der Waals surface area contributed by atoms with Crippen molar-refractivity contribution < 1.29 is 9.53 Å². The van der Waals surface area contributed by atoms with Crippen molar-refractivity contribution in [3.8, 4) is 0 Å². The summed E-state index contributed by atoms with van der Waals surface area (Å²) in [7, 11) is 1.43. The van der Waals surface area contributed by atoms with Gasteiger partial charge in [0.15, 0.2) is 0 Å². The Morgan fingerprint density at radius 3 is 2.94 bits per heavy atom. The Morgan fingerprint density at radius 1 is 1.56 bits per heavy atom. The lowest BCUT2D eigenvalue weighted by atomic mass is 9.58. The zero-order chi connectivity index (χ0) is 13.3. The molecule has 100 valence electrons. The van der Waals surface area contributed by atoms with Crippen LogP contribution in [0.2, 0.25) is 0 Å². The highest BCUT2D eigenvalue weighted by Gasteiger charge is 2.42. The van der Waals surface area contributed by atoms with Crippen LogP contribution in [-0.4, -0.2) is 13.1 Å². The Morgan fingerprint density at radius 2 is 2.28 bits per heavy atom. The smallest absolute Gasteiger partial charge is 0.333 e. The summed E-state index contributed by atoms with van der Waals surface area (Å²) < 4.78 is 4.80. The van der Waals surface area contributed by atoms with E-state index in [1.807, 2.05) is 0 Å². The van der Waals surface area contributed by atoms with E-state index in [1.54, 1.807) is 5.57 Å². The predicted octanol–water partition coefficient (Wildman–Crippen LogP) is 3.88. The number of carbonyl (C=O) groups excluding carboxylic acids is 1. The second kappa shape index (κ2) is 4.91. The molecule has 2 aliphatic rings.